The minimum atomic E-state index is -0.732. The van der Waals surface area contributed by atoms with Gasteiger partial charge in [0.15, 0.2) is 13.0 Å². The summed E-state index contributed by atoms with van der Waals surface area (Å²) >= 11 is 1.43. The van der Waals surface area contributed by atoms with Gasteiger partial charge in [0.05, 0.1) is 33.4 Å². The Balaban J connectivity index is 1.74. The Bertz CT molecular complexity index is 872. The maximum absolute atomic E-state index is 11.9. The van der Waals surface area contributed by atoms with Crippen LogP contribution in [0, 0.1) is 0 Å². The van der Waals surface area contributed by atoms with Gasteiger partial charge in [0.1, 0.15) is 17.6 Å². The van der Waals surface area contributed by atoms with Crippen LogP contribution in [0.3, 0.4) is 0 Å². The number of carbonyl (C=O) groups is 1. The average molecular weight is 442 g/mol. The van der Waals surface area contributed by atoms with Crippen molar-refractivity contribution in [2.75, 3.05) is 14.1 Å². The van der Waals surface area contributed by atoms with Crippen LogP contribution >= 0.6 is 11.8 Å². The van der Waals surface area contributed by atoms with Crippen LogP contribution in [-0.2, 0) is 32.2 Å². The number of carbonyl (C=O) groups excluding carboxylic acids is 1. The Morgan fingerprint density at radius 2 is 1.68 bits per heavy atom. The van der Waals surface area contributed by atoms with E-state index >= 15 is 0 Å². The van der Waals surface area contributed by atoms with Gasteiger partial charge in [-0.3, -0.25) is 0 Å². The number of amidine groups is 1. The van der Waals surface area contributed by atoms with E-state index in [1.165, 1.54) is 11.8 Å². The van der Waals surface area contributed by atoms with E-state index in [2.05, 4.69) is 11.4 Å². The van der Waals surface area contributed by atoms with E-state index in [0.29, 0.717) is 19.6 Å². The molecule has 0 radical (unpaired) electrons. The molecule has 1 aliphatic rings. The van der Waals surface area contributed by atoms with E-state index in [1.807, 2.05) is 79.7 Å². The first-order chi connectivity index (χ1) is 15.1. The summed E-state index contributed by atoms with van der Waals surface area (Å²) in [5, 5.41) is 0.722. The largest absolute Gasteiger partial charge is 0.407 e. The molecule has 0 saturated carbocycles. The van der Waals surface area contributed by atoms with Crippen molar-refractivity contribution in [3.63, 3.8) is 0 Å². The van der Waals surface area contributed by atoms with Crippen molar-refractivity contribution in [1.29, 1.82) is 0 Å². The van der Waals surface area contributed by atoms with Gasteiger partial charge in [-0.2, -0.15) is 0 Å². The van der Waals surface area contributed by atoms with Gasteiger partial charge in [0, 0.05) is 18.2 Å². The molecule has 2 aromatic rings. The first-order valence-electron chi connectivity index (χ1n) is 10.2. The Hall–Kier alpha value is -2.41. The van der Waals surface area contributed by atoms with Crippen molar-refractivity contribution >= 4 is 29.9 Å². The molecule has 6 nitrogen and oxygen atoms in total. The predicted molar refractivity (Wildman–Crippen MR) is 125 cm³/mol. The quantitative estimate of drug-likeness (QED) is 0.272. The van der Waals surface area contributed by atoms with Gasteiger partial charge in [0.25, 0.3) is 0 Å². The van der Waals surface area contributed by atoms with Gasteiger partial charge in [-0.25, -0.2) is 9.57 Å². The fourth-order valence-electron chi connectivity index (χ4n) is 3.34. The Morgan fingerprint density at radius 1 is 1.10 bits per heavy atom. The topological polar surface area (TPSA) is 62.1 Å². The van der Waals surface area contributed by atoms with Crippen LogP contribution in [0.2, 0.25) is 0 Å². The highest BCUT2D eigenvalue weighted by Gasteiger charge is 2.42. The number of rotatable bonds is 8. The smallest absolute Gasteiger partial charge is 0.371 e. The summed E-state index contributed by atoms with van der Waals surface area (Å²) in [5.74, 6) is 0. The Morgan fingerprint density at radius 3 is 2.19 bits per heavy atom. The van der Waals surface area contributed by atoms with E-state index in [1.54, 1.807) is 0 Å². The lowest BCUT2D eigenvalue weighted by Crippen LogP contribution is -2.51. The summed E-state index contributed by atoms with van der Waals surface area (Å²) in [5.41, 5.74) is 1.80. The summed E-state index contributed by atoms with van der Waals surface area (Å²) in [4.78, 5) is 13.8. The van der Waals surface area contributed by atoms with Crippen LogP contribution in [-0.4, -0.2) is 60.9 Å². The summed E-state index contributed by atoms with van der Waals surface area (Å²) in [6.07, 6.45) is -0.174. The van der Waals surface area contributed by atoms with Gasteiger partial charge < -0.3 is 19.0 Å². The molecule has 0 spiro atoms. The summed E-state index contributed by atoms with van der Waals surface area (Å²) in [6, 6.07) is 19.8. The highest BCUT2D eigenvalue weighted by Crippen LogP contribution is 2.32. The van der Waals surface area contributed by atoms with Crippen LogP contribution < -0.4 is 4.67 Å². The van der Waals surface area contributed by atoms with Crippen LogP contribution in [0.5, 0.6) is 0 Å². The lowest BCUT2D eigenvalue weighted by molar-refractivity contribution is -0.188. The summed E-state index contributed by atoms with van der Waals surface area (Å²) in [7, 11) is 3.79. The minimum absolute atomic E-state index is 0.296. The molecule has 164 valence electrons. The lowest BCUT2D eigenvalue weighted by Gasteiger charge is -2.38. The number of nitrogens with zero attached hydrogens (tertiary/aromatic N) is 2. The molecular weight excluding hydrogens is 412 g/mol. The van der Waals surface area contributed by atoms with Crippen molar-refractivity contribution in [3.05, 3.63) is 71.8 Å². The molecule has 4 unspecified atom stereocenters. The predicted octanol–water partition coefficient (Wildman–Crippen LogP) is 2.89. The Kier molecular flexibility index (Phi) is 8.88. The summed E-state index contributed by atoms with van der Waals surface area (Å²) < 4.78 is 22.5. The maximum Gasteiger partial charge on any atom is 0.407 e. The second-order valence-electron chi connectivity index (χ2n) is 7.45. The SMILES string of the molecule is C=[N+]=C(SC1CC(OCc2ccccc2)C(OCc2ccccc2)C(C=O)O1)N(C)C. The highest BCUT2D eigenvalue weighted by atomic mass is 32.2. The van der Waals surface area contributed by atoms with Gasteiger partial charge in [0.2, 0.25) is 0 Å². The van der Waals surface area contributed by atoms with Crippen molar-refractivity contribution in [1.82, 2.24) is 9.57 Å². The molecular formula is C24H29N2O4S+. The molecule has 3 rings (SSSR count). The fourth-order valence-corrected chi connectivity index (χ4v) is 4.33. The molecule has 1 saturated heterocycles. The molecule has 0 N–H and O–H groups in total. The molecule has 1 aliphatic heterocycles. The first-order valence-corrected chi connectivity index (χ1v) is 11.1. The van der Waals surface area contributed by atoms with Crippen LogP contribution in [0.25, 0.3) is 0 Å². The third-order valence-corrected chi connectivity index (χ3v) is 6.18. The average Bonchev–Trinajstić information content (AvgIpc) is 2.81. The molecule has 2 aromatic carbocycles. The maximum atomic E-state index is 11.9. The zero-order chi connectivity index (χ0) is 22.1. The molecule has 1 heterocycles. The van der Waals surface area contributed by atoms with Crippen molar-refractivity contribution in [3.8, 4) is 0 Å². The Labute approximate surface area is 187 Å². The number of hydrogen-bond donors (Lipinski definition) is 0. The molecule has 0 aliphatic carbocycles. The third-order valence-electron chi connectivity index (χ3n) is 4.90. The molecule has 0 bridgehead atoms. The van der Waals surface area contributed by atoms with Gasteiger partial charge in [-0.1, -0.05) is 60.7 Å². The monoisotopic (exact) mass is 441 g/mol. The lowest BCUT2D eigenvalue weighted by atomic mass is 10.0. The number of benzene rings is 2. The number of ether oxygens (including phenoxy) is 3. The van der Waals surface area contributed by atoms with Crippen LogP contribution in [0.1, 0.15) is 17.5 Å². The van der Waals surface area contributed by atoms with E-state index in [-0.39, 0.29) is 11.5 Å². The van der Waals surface area contributed by atoms with Crippen LogP contribution in [0.15, 0.2) is 60.7 Å². The van der Waals surface area contributed by atoms with E-state index in [0.717, 1.165) is 22.6 Å². The molecule has 4 atom stereocenters. The molecule has 0 aromatic heterocycles. The van der Waals surface area contributed by atoms with E-state index in [4.69, 9.17) is 14.2 Å². The molecule has 0 amide bonds. The number of hydrogen-bond acceptors (Lipinski definition) is 5. The van der Waals surface area contributed by atoms with Crippen molar-refractivity contribution in [2.45, 2.75) is 43.4 Å². The van der Waals surface area contributed by atoms with Crippen LogP contribution in [0.4, 0.5) is 0 Å². The third kappa shape index (κ3) is 6.79. The molecule has 1 fully saturated rings. The minimum Gasteiger partial charge on any atom is -0.371 e. The normalized spacial score (nSPS) is 23.0. The van der Waals surface area contributed by atoms with Gasteiger partial charge >= 0.3 is 5.17 Å². The van der Waals surface area contributed by atoms with E-state index < -0.39 is 12.2 Å². The van der Waals surface area contributed by atoms with Gasteiger partial charge in [-0.15, -0.1) is 0 Å². The fraction of sp³-hybridized carbons (Fsp3) is 0.375. The van der Waals surface area contributed by atoms with E-state index in [9.17, 15) is 4.79 Å². The first kappa shape index (κ1) is 23.3. The highest BCUT2D eigenvalue weighted by molar-refractivity contribution is 8.14. The van der Waals surface area contributed by atoms with Crippen molar-refractivity contribution in [2.24, 2.45) is 0 Å². The van der Waals surface area contributed by atoms with Gasteiger partial charge in [-0.05, 0) is 11.1 Å². The standard InChI is InChI=1S/C24H29N2O4S/c1-25-24(26(2)3)31-22-14-20(28-16-18-10-6-4-7-11-18)23(21(15-27)30-22)29-17-19-12-8-5-9-13-19/h4-13,15,20-23H,1,14,16-17H2,2-3H3/q+1. The zero-order valence-corrected chi connectivity index (χ0v) is 18.7. The zero-order valence-electron chi connectivity index (χ0n) is 17.9. The second-order valence-corrected chi connectivity index (χ2v) is 8.58. The summed E-state index contributed by atoms with van der Waals surface area (Å²) in [6.45, 7) is 4.44. The molecule has 31 heavy (non-hydrogen) atoms. The molecule has 7 heteroatoms. The van der Waals surface area contributed by atoms with Crippen molar-refractivity contribution < 1.29 is 19.0 Å². The number of aldehydes is 1. The number of thioether (sulfide) groups is 1. The second kappa shape index (κ2) is 11.8.